The molecule has 0 spiro atoms. The number of hydrogen-bond acceptors (Lipinski definition) is 3. The van der Waals surface area contributed by atoms with E-state index in [1.807, 2.05) is 0 Å². The molecule has 0 saturated carbocycles. The van der Waals surface area contributed by atoms with Crippen molar-refractivity contribution in [1.82, 2.24) is 0 Å². The van der Waals surface area contributed by atoms with Gasteiger partial charge in [0.05, 0.1) is 16.3 Å². The van der Waals surface area contributed by atoms with Gasteiger partial charge in [-0.25, -0.2) is 8.42 Å². The molecule has 1 aromatic carbocycles. The number of carbonyl (C=O) groups is 1. The summed E-state index contributed by atoms with van der Waals surface area (Å²) >= 11 is 5.45. The number of halogens is 4. The van der Waals surface area contributed by atoms with Gasteiger partial charge in [-0.15, -0.1) is 6.58 Å². The maximum absolute atomic E-state index is 12.7. The summed E-state index contributed by atoms with van der Waals surface area (Å²) in [4.78, 5) is 11.8. The van der Waals surface area contributed by atoms with E-state index >= 15 is 0 Å². The van der Waals surface area contributed by atoms with Crippen molar-refractivity contribution in [2.24, 2.45) is 0 Å². The number of amides is 1. The molecule has 0 aliphatic rings. The standard InChI is InChI=1S/C13H13ClF3NO3S/c1-3-6-22(20,21)8(2)12(19)18-9-4-5-11(14)10(7-9)13(15,16)17/h3-5,7-8H,1,6H2,2H3,(H,18,19). The van der Waals surface area contributed by atoms with Crippen LogP contribution in [0, 0.1) is 0 Å². The van der Waals surface area contributed by atoms with Crippen molar-refractivity contribution in [2.45, 2.75) is 18.3 Å². The van der Waals surface area contributed by atoms with Gasteiger partial charge in [0.1, 0.15) is 5.25 Å². The molecular formula is C13H13ClF3NO3S. The lowest BCUT2D eigenvalue weighted by atomic mass is 10.2. The molecule has 1 unspecified atom stereocenters. The minimum absolute atomic E-state index is 0.192. The van der Waals surface area contributed by atoms with E-state index in [-0.39, 0.29) is 5.69 Å². The van der Waals surface area contributed by atoms with Gasteiger partial charge in [0.25, 0.3) is 0 Å². The zero-order valence-electron chi connectivity index (χ0n) is 11.4. The number of alkyl halides is 3. The van der Waals surface area contributed by atoms with Gasteiger partial charge in [0.15, 0.2) is 9.84 Å². The van der Waals surface area contributed by atoms with E-state index in [9.17, 15) is 26.4 Å². The minimum atomic E-state index is -4.68. The molecule has 22 heavy (non-hydrogen) atoms. The zero-order chi connectivity index (χ0) is 17.1. The second kappa shape index (κ2) is 6.70. The van der Waals surface area contributed by atoms with Crippen LogP contribution in [0.3, 0.4) is 0 Å². The smallest absolute Gasteiger partial charge is 0.325 e. The van der Waals surface area contributed by atoms with Gasteiger partial charge in [-0.1, -0.05) is 17.7 Å². The van der Waals surface area contributed by atoms with Crippen molar-refractivity contribution in [3.8, 4) is 0 Å². The Labute approximate surface area is 130 Å². The Balaban J connectivity index is 3.01. The Morgan fingerprint density at radius 1 is 1.45 bits per heavy atom. The van der Waals surface area contributed by atoms with Crippen LogP contribution in [0.2, 0.25) is 5.02 Å². The minimum Gasteiger partial charge on any atom is -0.325 e. The summed E-state index contributed by atoms with van der Waals surface area (Å²) in [5, 5.41) is 0.198. The first-order valence-electron chi connectivity index (χ1n) is 5.99. The summed E-state index contributed by atoms with van der Waals surface area (Å²) in [5.41, 5.74) is -1.31. The number of carbonyl (C=O) groups excluding carboxylic acids is 1. The first-order valence-corrected chi connectivity index (χ1v) is 8.08. The van der Waals surface area contributed by atoms with E-state index in [2.05, 4.69) is 11.9 Å². The molecule has 0 fully saturated rings. The number of nitrogens with one attached hydrogen (secondary N) is 1. The van der Waals surface area contributed by atoms with Gasteiger partial charge in [0.2, 0.25) is 5.91 Å². The van der Waals surface area contributed by atoms with Crippen LogP contribution in [0.4, 0.5) is 18.9 Å². The first kappa shape index (κ1) is 18.5. The van der Waals surface area contributed by atoms with Crippen molar-refractivity contribution >= 4 is 33.0 Å². The number of hydrogen-bond donors (Lipinski definition) is 1. The summed E-state index contributed by atoms with van der Waals surface area (Å²) in [6.45, 7) is 4.42. The molecule has 0 radical (unpaired) electrons. The SMILES string of the molecule is C=CCS(=O)(=O)C(C)C(=O)Nc1ccc(Cl)c(C(F)(F)F)c1. The molecule has 0 saturated heterocycles. The second-order valence-electron chi connectivity index (χ2n) is 4.44. The fourth-order valence-corrected chi connectivity index (χ4v) is 2.76. The third-order valence-corrected chi connectivity index (χ3v) is 5.12. The quantitative estimate of drug-likeness (QED) is 0.824. The van der Waals surface area contributed by atoms with Crippen LogP contribution in [0.15, 0.2) is 30.9 Å². The number of anilines is 1. The van der Waals surface area contributed by atoms with Crippen LogP contribution in [0.5, 0.6) is 0 Å². The molecule has 0 aromatic heterocycles. The van der Waals surface area contributed by atoms with E-state index in [4.69, 9.17) is 11.6 Å². The lowest BCUT2D eigenvalue weighted by molar-refractivity contribution is -0.137. The maximum atomic E-state index is 12.7. The fraction of sp³-hybridized carbons (Fsp3) is 0.308. The highest BCUT2D eigenvalue weighted by Crippen LogP contribution is 2.36. The highest BCUT2D eigenvalue weighted by atomic mass is 35.5. The lowest BCUT2D eigenvalue weighted by Crippen LogP contribution is -2.33. The van der Waals surface area contributed by atoms with E-state index in [1.165, 1.54) is 0 Å². The molecule has 1 aromatic rings. The van der Waals surface area contributed by atoms with Crippen molar-refractivity contribution in [3.05, 3.63) is 41.4 Å². The third kappa shape index (κ3) is 4.48. The van der Waals surface area contributed by atoms with Crippen LogP contribution in [-0.2, 0) is 20.8 Å². The summed E-state index contributed by atoms with van der Waals surface area (Å²) in [6, 6.07) is 2.78. The molecule has 1 amide bonds. The average Bonchev–Trinajstić information content (AvgIpc) is 2.38. The van der Waals surface area contributed by atoms with Gasteiger partial charge in [-0.3, -0.25) is 4.79 Å². The van der Waals surface area contributed by atoms with E-state index in [0.717, 1.165) is 25.1 Å². The fourth-order valence-electron chi connectivity index (χ4n) is 1.54. The molecule has 1 N–H and O–H groups in total. The summed E-state index contributed by atoms with van der Waals surface area (Å²) < 4.78 is 61.5. The van der Waals surface area contributed by atoms with Gasteiger partial charge in [-0.05, 0) is 25.1 Å². The molecule has 0 bridgehead atoms. The highest BCUT2D eigenvalue weighted by Gasteiger charge is 2.34. The lowest BCUT2D eigenvalue weighted by Gasteiger charge is -2.14. The Morgan fingerprint density at radius 3 is 2.55 bits per heavy atom. The van der Waals surface area contributed by atoms with Gasteiger partial charge >= 0.3 is 6.18 Å². The Morgan fingerprint density at radius 2 is 2.05 bits per heavy atom. The van der Waals surface area contributed by atoms with Crippen LogP contribution >= 0.6 is 11.6 Å². The van der Waals surface area contributed by atoms with E-state index in [0.29, 0.717) is 6.07 Å². The predicted molar refractivity (Wildman–Crippen MR) is 78.5 cm³/mol. The maximum Gasteiger partial charge on any atom is 0.417 e. The molecule has 1 rings (SSSR count). The van der Waals surface area contributed by atoms with Gasteiger partial charge in [0, 0.05) is 5.69 Å². The highest BCUT2D eigenvalue weighted by molar-refractivity contribution is 7.92. The number of sulfone groups is 1. The zero-order valence-corrected chi connectivity index (χ0v) is 13.0. The first-order chi connectivity index (χ1) is 9.99. The molecule has 9 heteroatoms. The summed E-state index contributed by atoms with van der Waals surface area (Å²) in [6.07, 6.45) is -3.55. The molecule has 1 atom stereocenters. The summed E-state index contributed by atoms with van der Waals surface area (Å²) in [7, 11) is -3.75. The molecule has 0 heterocycles. The number of benzene rings is 1. The molecule has 4 nitrogen and oxygen atoms in total. The Bertz CT molecular complexity index is 686. The molecule has 0 aliphatic heterocycles. The Kier molecular flexibility index (Phi) is 5.64. The topological polar surface area (TPSA) is 63.2 Å². The monoisotopic (exact) mass is 355 g/mol. The average molecular weight is 356 g/mol. The third-order valence-electron chi connectivity index (χ3n) is 2.80. The van der Waals surface area contributed by atoms with Gasteiger partial charge in [-0.2, -0.15) is 13.2 Å². The van der Waals surface area contributed by atoms with Crippen molar-refractivity contribution < 1.29 is 26.4 Å². The van der Waals surface area contributed by atoms with E-state index < -0.39 is 43.5 Å². The van der Waals surface area contributed by atoms with Crippen molar-refractivity contribution in [2.75, 3.05) is 11.1 Å². The van der Waals surface area contributed by atoms with Crippen molar-refractivity contribution in [3.63, 3.8) is 0 Å². The molecule has 122 valence electrons. The van der Waals surface area contributed by atoms with Crippen LogP contribution in [0.25, 0.3) is 0 Å². The van der Waals surface area contributed by atoms with Crippen LogP contribution in [-0.4, -0.2) is 25.3 Å². The van der Waals surface area contributed by atoms with Crippen LogP contribution < -0.4 is 5.32 Å². The predicted octanol–water partition coefficient (Wildman–Crippen LogP) is 3.29. The molecular weight excluding hydrogens is 343 g/mol. The largest absolute Gasteiger partial charge is 0.417 e. The summed E-state index contributed by atoms with van der Waals surface area (Å²) in [5.74, 6) is -1.34. The molecule has 0 aliphatic carbocycles. The van der Waals surface area contributed by atoms with Crippen molar-refractivity contribution in [1.29, 1.82) is 0 Å². The Hall–Kier alpha value is -1.54. The normalized spacial score (nSPS) is 13.5. The second-order valence-corrected chi connectivity index (χ2v) is 7.22. The number of rotatable bonds is 5. The van der Waals surface area contributed by atoms with E-state index in [1.54, 1.807) is 0 Å². The van der Waals surface area contributed by atoms with Crippen LogP contribution in [0.1, 0.15) is 12.5 Å². The van der Waals surface area contributed by atoms with Gasteiger partial charge < -0.3 is 5.32 Å².